The van der Waals surface area contributed by atoms with Crippen molar-refractivity contribution in [1.29, 1.82) is 0 Å². The summed E-state index contributed by atoms with van der Waals surface area (Å²) in [5.74, 6) is -0.526. The lowest BCUT2D eigenvalue weighted by Gasteiger charge is -2.31. The Morgan fingerprint density at radius 3 is 2.53 bits per heavy atom. The lowest BCUT2D eigenvalue weighted by atomic mass is 9.98. The molecule has 0 saturated carbocycles. The number of piperidine rings is 1. The predicted molar refractivity (Wildman–Crippen MR) is 129 cm³/mol. The number of rotatable bonds is 7. The van der Waals surface area contributed by atoms with Crippen LogP contribution >= 0.6 is 0 Å². The van der Waals surface area contributed by atoms with Crippen molar-refractivity contribution in [2.45, 2.75) is 58.5 Å². The van der Waals surface area contributed by atoms with E-state index < -0.39 is 15.9 Å². The van der Waals surface area contributed by atoms with E-state index >= 15 is 0 Å². The number of hydrogen-bond donors (Lipinski definition) is 1. The second-order valence-electron chi connectivity index (χ2n) is 8.75. The standard InChI is InChI=1S/C24H32N6O3S/c1-5-28-16-23(18(3)26-28)34(32,33)29-13-9-10-20(15-29)24(31)25-14-22-17(2)27-30(19(22)4)21-11-7-6-8-12-21/h6-8,11-12,16,20H,5,9-10,13-15H2,1-4H3,(H,25,31). The van der Waals surface area contributed by atoms with Crippen molar-refractivity contribution in [1.82, 2.24) is 29.2 Å². The molecule has 10 heteroatoms. The van der Waals surface area contributed by atoms with Crippen LogP contribution in [0.1, 0.15) is 42.4 Å². The zero-order valence-electron chi connectivity index (χ0n) is 20.2. The van der Waals surface area contributed by atoms with Crippen LogP contribution in [0.2, 0.25) is 0 Å². The third-order valence-corrected chi connectivity index (χ3v) is 8.45. The molecule has 34 heavy (non-hydrogen) atoms. The zero-order chi connectivity index (χ0) is 24.5. The average Bonchev–Trinajstić information content (AvgIpc) is 3.37. The Labute approximate surface area is 200 Å². The largest absolute Gasteiger partial charge is 0.352 e. The molecule has 2 aromatic heterocycles. The summed E-state index contributed by atoms with van der Waals surface area (Å²) in [5.41, 5.74) is 4.25. The Bertz CT molecular complexity index is 1280. The molecule has 0 spiro atoms. The first kappa shape index (κ1) is 24.2. The molecule has 182 valence electrons. The van der Waals surface area contributed by atoms with Crippen molar-refractivity contribution < 1.29 is 13.2 Å². The monoisotopic (exact) mass is 484 g/mol. The van der Waals surface area contributed by atoms with E-state index in [0.29, 0.717) is 38.2 Å². The molecule has 3 aromatic rings. The van der Waals surface area contributed by atoms with Gasteiger partial charge in [0, 0.05) is 43.6 Å². The number of aromatic nitrogens is 4. The number of carbonyl (C=O) groups is 1. The minimum Gasteiger partial charge on any atom is -0.352 e. The Kier molecular flexibility index (Phi) is 6.90. The Morgan fingerprint density at radius 1 is 1.12 bits per heavy atom. The zero-order valence-corrected chi connectivity index (χ0v) is 21.0. The summed E-state index contributed by atoms with van der Waals surface area (Å²) in [5, 5.41) is 11.9. The van der Waals surface area contributed by atoms with E-state index in [2.05, 4.69) is 15.5 Å². The molecule has 1 amide bonds. The van der Waals surface area contributed by atoms with Crippen LogP contribution in [0.25, 0.3) is 5.69 Å². The summed E-state index contributed by atoms with van der Waals surface area (Å²) < 4.78 is 31.4. The van der Waals surface area contributed by atoms with E-state index in [4.69, 9.17) is 0 Å². The van der Waals surface area contributed by atoms with Crippen LogP contribution in [0, 0.1) is 26.7 Å². The fourth-order valence-corrected chi connectivity index (χ4v) is 6.19. The molecule has 1 aromatic carbocycles. The van der Waals surface area contributed by atoms with Crippen molar-refractivity contribution in [2.24, 2.45) is 5.92 Å². The second-order valence-corrected chi connectivity index (χ2v) is 10.7. The summed E-state index contributed by atoms with van der Waals surface area (Å²) >= 11 is 0. The van der Waals surface area contributed by atoms with Gasteiger partial charge in [-0.1, -0.05) is 18.2 Å². The van der Waals surface area contributed by atoms with Crippen molar-refractivity contribution in [3.8, 4) is 5.69 Å². The van der Waals surface area contributed by atoms with Crippen molar-refractivity contribution in [3.05, 3.63) is 59.2 Å². The highest BCUT2D eigenvalue weighted by Crippen LogP contribution is 2.26. The molecule has 1 aliphatic rings. The van der Waals surface area contributed by atoms with Gasteiger partial charge in [-0.2, -0.15) is 14.5 Å². The third-order valence-electron chi connectivity index (χ3n) is 6.48. The number of amides is 1. The minimum absolute atomic E-state index is 0.132. The van der Waals surface area contributed by atoms with Crippen LogP contribution < -0.4 is 5.32 Å². The summed E-state index contributed by atoms with van der Waals surface area (Å²) in [6.45, 7) is 9.07. The smallest absolute Gasteiger partial charge is 0.246 e. The van der Waals surface area contributed by atoms with E-state index in [1.54, 1.807) is 17.8 Å². The van der Waals surface area contributed by atoms with E-state index in [-0.39, 0.29) is 17.3 Å². The first-order valence-electron chi connectivity index (χ1n) is 11.6. The number of carbonyl (C=O) groups excluding carboxylic acids is 1. The van der Waals surface area contributed by atoms with Gasteiger partial charge >= 0.3 is 0 Å². The minimum atomic E-state index is -3.70. The number of para-hydroxylation sites is 1. The molecular weight excluding hydrogens is 452 g/mol. The van der Waals surface area contributed by atoms with Crippen LogP contribution in [0.3, 0.4) is 0 Å². The number of sulfonamides is 1. The van der Waals surface area contributed by atoms with Crippen LogP contribution in [0.15, 0.2) is 41.4 Å². The molecule has 1 unspecified atom stereocenters. The summed E-state index contributed by atoms with van der Waals surface area (Å²) in [4.78, 5) is 13.2. The van der Waals surface area contributed by atoms with E-state index in [0.717, 1.165) is 22.6 Å². The Balaban J connectivity index is 1.44. The molecule has 0 radical (unpaired) electrons. The normalized spacial score (nSPS) is 17.1. The van der Waals surface area contributed by atoms with Crippen molar-refractivity contribution in [3.63, 3.8) is 0 Å². The van der Waals surface area contributed by atoms with E-state index in [1.165, 1.54) is 4.31 Å². The molecule has 1 fully saturated rings. The number of benzene rings is 1. The number of aryl methyl sites for hydroxylation is 3. The van der Waals surface area contributed by atoms with Gasteiger partial charge < -0.3 is 5.32 Å². The molecule has 1 atom stereocenters. The lowest BCUT2D eigenvalue weighted by molar-refractivity contribution is -0.126. The van der Waals surface area contributed by atoms with Gasteiger partial charge in [-0.05, 0) is 52.7 Å². The van der Waals surface area contributed by atoms with Gasteiger partial charge in [-0.15, -0.1) is 0 Å². The van der Waals surface area contributed by atoms with Crippen molar-refractivity contribution in [2.75, 3.05) is 13.1 Å². The van der Waals surface area contributed by atoms with E-state index in [9.17, 15) is 13.2 Å². The van der Waals surface area contributed by atoms with Gasteiger partial charge in [0.05, 0.1) is 23.0 Å². The van der Waals surface area contributed by atoms with Gasteiger partial charge in [0.1, 0.15) is 4.90 Å². The topological polar surface area (TPSA) is 102 Å². The quantitative estimate of drug-likeness (QED) is 0.556. The average molecular weight is 485 g/mol. The van der Waals surface area contributed by atoms with Gasteiger partial charge in [-0.25, -0.2) is 13.1 Å². The molecule has 4 rings (SSSR count). The maximum Gasteiger partial charge on any atom is 0.246 e. The second kappa shape index (κ2) is 9.71. The van der Waals surface area contributed by atoms with Crippen LogP contribution in [0.5, 0.6) is 0 Å². The molecule has 9 nitrogen and oxygen atoms in total. The van der Waals surface area contributed by atoms with Gasteiger partial charge in [-0.3, -0.25) is 9.48 Å². The predicted octanol–water partition coefficient (Wildman–Crippen LogP) is 2.73. The summed E-state index contributed by atoms with van der Waals surface area (Å²) in [7, 11) is -3.70. The summed E-state index contributed by atoms with van der Waals surface area (Å²) in [6, 6.07) is 9.87. The highest BCUT2D eigenvalue weighted by atomic mass is 32.2. The third kappa shape index (κ3) is 4.65. The van der Waals surface area contributed by atoms with Crippen LogP contribution in [0.4, 0.5) is 0 Å². The maximum absolute atomic E-state index is 13.2. The van der Waals surface area contributed by atoms with Crippen molar-refractivity contribution >= 4 is 15.9 Å². The highest BCUT2D eigenvalue weighted by Gasteiger charge is 2.35. The number of hydrogen-bond acceptors (Lipinski definition) is 5. The fourth-order valence-electron chi connectivity index (χ4n) is 4.50. The lowest BCUT2D eigenvalue weighted by Crippen LogP contribution is -2.45. The van der Waals surface area contributed by atoms with Gasteiger partial charge in [0.25, 0.3) is 0 Å². The molecule has 1 saturated heterocycles. The van der Waals surface area contributed by atoms with Gasteiger partial charge in [0.2, 0.25) is 15.9 Å². The fraction of sp³-hybridized carbons (Fsp3) is 0.458. The first-order valence-corrected chi connectivity index (χ1v) is 13.1. The molecular formula is C24H32N6O3S. The van der Waals surface area contributed by atoms with Gasteiger partial charge in [0.15, 0.2) is 0 Å². The molecule has 0 bridgehead atoms. The number of nitrogens with one attached hydrogen (secondary N) is 1. The Hall–Kier alpha value is -2.98. The highest BCUT2D eigenvalue weighted by molar-refractivity contribution is 7.89. The van der Waals surface area contributed by atoms with E-state index in [1.807, 2.05) is 55.8 Å². The molecule has 1 aliphatic heterocycles. The molecule has 3 heterocycles. The molecule has 0 aliphatic carbocycles. The molecule has 1 N–H and O–H groups in total. The Morgan fingerprint density at radius 2 is 1.85 bits per heavy atom. The maximum atomic E-state index is 13.2. The number of nitrogens with zero attached hydrogens (tertiary/aromatic N) is 5. The first-order chi connectivity index (χ1) is 16.2. The summed E-state index contributed by atoms with van der Waals surface area (Å²) in [6.07, 6.45) is 2.87. The van der Waals surface area contributed by atoms with Crippen LogP contribution in [-0.2, 0) is 27.9 Å². The van der Waals surface area contributed by atoms with Crippen LogP contribution in [-0.4, -0.2) is 51.3 Å². The SMILES string of the molecule is CCn1cc(S(=O)(=O)N2CCCC(C(=O)NCc3c(C)nn(-c4ccccc4)c3C)C2)c(C)n1.